The Morgan fingerprint density at radius 2 is 1.95 bits per heavy atom. The Bertz CT molecular complexity index is 786. The van der Waals surface area contributed by atoms with Crippen LogP contribution < -0.4 is 4.74 Å². The quantitative estimate of drug-likeness (QED) is 0.368. The molecule has 0 radical (unpaired) electrons. The van der Waals surface area contributed by atoms with Crippen molar-refractivity contribution in [1.29, 1.82) is 0 Å². The first-order chi connectivity index (χ1) is 9.65. The summed E-state index contributed by atoms with van der Waals surface area (Å²) in [4.78, 5) is 14.9. The molecule has 1 aromatic heterocycles. The van der Waals surface area contributed by atoms with Crippen LogP contribution in [-0.4, -0.2) is 9.91 Å². The summed E-state index contributed by atoms with van der Waals surface area (Å²) in [6, 6.07) is 10.7. The number of aromatic nitrogens is 1. The molecular weight excluding hydrogens is 391 g/mol. The van der Waals surface area contributed by atoms with Crippen LogP contribution >= 0.6 is 33.9 Å². The molecule has 0 fully saturated rings. The number of fused-ring (bicyclic) bond motifs is 1. The Balaban J connectivity index is 2.08. The monoisotopic (exact) mass is 398 g/mol. The molecule has 1 heterocycles. The van der Waals surface area contributed by atoms with Crippen molar-refractivity contribution in [3.05, 3.63) is 55.6 Å². The summed E-state index contributed by atoms with van der Waals surface area (Å²) in [5.74, 6) is 0.762. The zero-order valence-corrected chi connectivity index (χ0v) is 12.9. The molecule has 0 atom stereocenters. The van der Waals surface area contributed by atoms with Crippen molar-refractivity contribution in [3.8, 4) is 11.5 Å². The zero-order chi connectivity index (χ0) is 14.1. The molecule has 0 spiro atoms. The van der Waals surface area contributed by atoms with Crippen molar-refractivity contribution in [3.63, 3.8) is 0 Å². The second-order valence-corrected chi connectivity index (χ2v) is 6.06. The van der Waals surface area contributed by atoms with E-state index in [1.165, 1.54) is 11.3 Å². The van der Waals surface area contributed by atoms with Crippen LogP contribution in [0.15, 0.2) is 41.9 Å². The highest BCUT2D eigenvalue weighted by Gasteiger charge is 2.22. The van der Waals surface area contributed by atoms with Gasteiger partial charge in [-0.25, -0.2) is 4.98 Å². The highest BCUT2D eigenvalue weighted by Crippen LogP contribution is 2.38. The molecule has 0 amide bonds. The summed E-state index contributed by atoms with van der Waals surface area (Å²) in [6.07, 6.45) is 0. The Kier molecular flexibility index (Phi) is 3.53. The largest absolute Gasteiger partial charge is 0.450 e. The van der Waals surface area contributed by atoms with Crippen molar-refractivity contribution in [2.24, 2.45) is 0 Å². The maximum atomic E-state index is 11.3. The molecule has 0 saturated heterocycles. The number of nitrogens with zero attached hydrogens (tertiary/aromatic N) is 2. The fourth-order valence-electron chi connectivity index (χ4n) is 1.79. The van der Waals surface area contributed by atoms with E-state index in [0.29, 0.717) is 11.3 Å². The van der Waals surface area contributed by atoms with Gasteiger partial charge in [-0.15, -0.1) is 11.3 Å². The van der Waals surface area contributed by atoms with E-state index in [2.05, 4.69) is 27.6 Å². The number of benzene rings is 2. The summed E-state index contributed by atoms with van der Waals surface area (Å²) in [6.45, 7) is 0. The van der Waals surface area contributed by atoms with Crippen molar-refractivity contribution >= 4 is 49.8 Å². The molecule has 7 heteroatoms. The van der Waals surface area contributed by atoms with E-state index in [4.69, 9.17) is 4.74 Å². The molecule has 0 N–H and O–H groups in total. The topological polar surface area (TPSA) is 65.3 Å². The Hall–Kier alpha value is -1.74. The third-order valence-corrected chi connectivity index (χ3v) is 4.18. The third kappa shape index (κ3) is 2.46. The molecule has 3 aromatic rings. The summed E-state index contributed by atoms with van der Waals surface area (Å²) in [7, 11) is 0. The summed E-state index contributed by atoms with van der Waals surface area (Å²) in [5, 5.41) is 11.3. The first-order valence-electron chi connectivity index (χ1n) is 5.59. The van der Waals surface area contributed by atoms with Crippen LogP contribution in [0.25, 0.3) is 10.2 Å². The molecule has 0 unspecified atom stereocenters. The van der Waals surface area contributed by atoms with Crippen LogP contribution in [0.5, 0.6) is 11.5 Å². The number of rotatable bonds is 3. The van der Waals surface area contributed by atoms with E-state index in [1.807, 2.05) is 12.1 Å². The third-order valence-electron chi connectivity index (χ3n) is 2.66. The average Bonchev–Trinajstić information content (AvgIpc) is 2.89. The molecule has 0 saturated carbocycles. The van der Waals surface area contributed by atoms with Crippen molar-refractivity contribution < 1.29 is 9.66 Å². The number of ether oxygens (including phenoxy) is 1. The van der Waals surface area contributed by atoms with Gasteiger partial charge in [-0.05, 0) is 59.0 Å². The van der Waals surface area contributed by atoms with E-state index in [0.717, 1.165) is 8.27 Å². The Morgan fingerprint density at radius 1 is 1.20 bits per heavy atom. The van der Waals surface area contributed by atoms with Crippen LogP contribution in [-0.2, 0) is 0 Å². The van der Waals surface area contributed by atoms with Crippen LogP contribution in [0.4, 0.5) is 5.69 Å². The fourth-order valence-corrected chi connectivity index (χ4v) is 2.83. The molecule has 5 nitrogen and oxygen atoms in total. The Morgan fingerprint density at radius 3 is 2.65 bits per heavy atom. The van der Waals surface area contributed by atoms with Gasteiger partial charge in [0.1, 0.15) is 5.75 Å². The number of hydrogen-bond donors (Lipinski definition) is 0. The van der Waals surface area contributed by atoms with Crippen LogP contribution in [0, 0.1) is 13.7 Å². The number of nitro benzene ring substituents is 1. The normalized spacial score (nSPS) is 10.7. The molecule has 100 valence electrons. The van der Waals surface area contributed by atoms with E-state index in [-0.39, 0.29) is 11.4 Å². The fraction of sp³-hybridized carbons (Fsp3) is 0. The van der Waals surface area contributed by atoms with Crippen LogP contribution in [0.2, 0.25) is 0 Å². The molecule has 3 rings (SSSR count). The van der Waals surface area contributed by atoms with E-state index < -0.39 is 4.92 Å². The molecule has 0 bridgehead atoms. The molecule has 0 aliphatic rings. The van der Waals surface area contributed by atoms with Crippen molar-refractivity contribution in [1.82, 2.24) is 4.98 Å². The predicted molar refractivity (Wildman–Crippen MR) is 85.5 cm³/mol. The molecule has 0 aliphatic carbocycles. The van der Waals surface area contributed by atoms with Crippen LogP contribution in [0.3, 0.4) is 0 Å². The first kappa shape index (κ1) is 13.3. The number of nitro groups is 1. The van der Waals surface area contributed by atoms with Gasteiger partial charge < -0.3 is 4.74 Å². The minimum absolute atomic E-state index is 0.0951. The molecule has 20 heavy (non-hydrogen) atoms. The number of halogens is 1. The van der Waals surface area contributed by atoms with E-state index in [1.54, 1.807) is 29.8 Å². The lowest BCUT2D eigenvalue weighted by atomic mass is 10.2. The molecule has 0 aliphatic heterocycles. The van der Waals surface area contributed by atoms with E-state index >= 15 is 0 Å². The average molecular weight is 398 g/mol. The van der Waals surface area contributed by atoms with Gasteiger partial charge >= 0.3 is 5.69 Å². The van der Waals surface area contributed by atoms with Crippen molar-refractivity contribution in [2.45, 2.75) is 0 Å². The van der Waals surface area contributed by atoms with Gasteiger partial charge in [0.15, 0.2) is 5.52 Å². The second kappa shape index (κ2) is 5.33. The predicted octanol–water partition coefficient (Wildman–Crippen LogP) is 4.60. The summed E-state index contributed by atoms with van der Waals surface area (Å²) >= 11 is 3.55. The van der Waals surface area contributed by atoms with Gasteiger partial charge in [-0.3, -0.25) is 10.1 Å². The van der Waals surface area contributed by atoms with Gasteiger partial charge in [-0.2, -0.15) is 0 Å². The number of thiazole rings is 1. The standard InChI is InChI=1S/C13H7IN2O3S/c14-8-1-3-9(4-2-8)19-10-5-6-11-12(15-7-20-11)13(10)16(17)18/h1-7H. The lowest BCUT2D eigenvalue weighted by molar-refractivity contribution is -0.384. The van der Waals surface area contributed by atoms with Gasteiger partial charge in [0, 0.05) is 3.57 Å². The molecule has 2 aromatic carbocycles. The van der Waals surface area contributed by atoms with Gasteiger partial charge in [-0.1, -0.05) is 0 Å². The highest BCUT2D eigenvalue weighted by molar-refractivity contribution is 14.1. The lowest BCUT2D eigenvalue weighted by Crippen LogP contribution is -1.94. The maximum Gasteiger partial charge on any atom is 0.338 e. The maximum absolute atomic E-state index is 11.3. The van der Waals surface area contributed by atoms with E-state index in [9.17, 15) is 10.1 Å². The smallest absolute Gasteiger partial charge is 0.338 e. The summed E-state index contributed by atoms with van der Waals surface area (Å²) < 4.78 is 7.46. The first-order valence-corrected chi connectivity index (χ1v) is 7.55. The minimum Gasteiger partial charge on any atom is -0.450 e. The van der Waals surface area contributed by atoms with Gasteiger partial charge in [0.25, 0.3) is 0 Å². The second-order valence-electron chi connectivity index (χ2n) is 3.92. The SMILES string of the molecule is O=[N+]([O-])c1c(Oc2ccc(I)cc2)ccc2scnc12. The van der Waals surface area contributed by atoms with Gasteiger partial charge in [0.2, 0.25) is 5.75 Å². The Labute approximate surface area is 131 Å². The van der Waals surface area contributed by atoms with Gasteiger partial charge in [0.05, 0.1) is 15.1 Å². The summed E-state index contributed by atoms with van der Waals surface area (Å²) in [5.41, 5.74) is 1.86. The van der Waals surface area contributed by atoms with Crippen LogP contribution in [0.1, 0.15) is 0 Å². The highest BCUT2D eigenvalue weighted by atomic mass is 127. The van der Waals surface area contributed by atoms with Crippen molar-refractivity contribution in [2.75, 3.05) is 0 Å². The number of hydrogen-bond acceptors (Lipinski definition) is 5. The lowest BCUT2D eigenvalue weighted by Gasteiger charge is -2.06. The minimum atomic E-state index is -0.454. The zero-order valence-electron chi connectivity index (χ0n) is 9.95. The molecular formula is C13H7IN2O3S.